The molecule has 1 aliphatic rings. The zero-order valence-electron chi connectivity index (χ0n) is 53.0. The van der Waals surface area contributed by atoms with Gasteiger partial charge >= 0.3 is 0 Å². The topological polar surface area (TPSA) is 149 Å². The highest BCUT2D eigenvalue weighted by Gasteiger charge is 2.44. The zero-order chi connectivity index (χ0) is 58.6. The number of carbonyl (C=O) groups excluding carboxylic acids is 1. The van der Waals surface area contributed by atoms with Gasteiger partial charge in [0.2, 0.25) is 5.91 Å². The molecular weight excluding hydrogens is 1010 g/mol. The molecule has 7 unspecified atom stereocenters. The van der Waals surface area contributed by atoms with Crippen LogP contribution in [0.3, 0.4) is 0 Å². The molecule has 9 heteroatoms. The Hall–Kier alpha value is -2.11. The minimum atomic E-state index is -1.58. The molecule has 0 spiro atoms. The maximum absolute atomic E-state index is 13.1. The molecule has 1 rings (SSSR count). The van der Waals surface area contributed by atoms with Gasteiger partial charge in [0.05, 0.1) is 25.4 Å². The number of ether oxygens (including phenoxy) is 2. The predicted molar refractivity (Wildman–Crippen MR) is 346 cm³/mol. The Kier molecular flexibility index (Phi) is 57.9. The number of amides is 1. The summed E-state index contributed by atoms with van der Waals surface area (Å²) in [4.78, 5) is 13.1. The van der Waals surface area contributed by atoms with Gasteiger partial charge in [-0.1, -0.05) is 319 Å². The van der Waals surface area contributed by atoms with Crippen LogP contribution < -0.4 is 5.32 Å². The van der Waals surface area contributed by atoms with E-state index in [9.17, 15) is 30.3 Å². The van der Waals surface area contributed by atoms with E-state index in [2.05, 4.69) is 67.8 Å². The second kappa shape index (κ2) is 61.0. The molecule has 81 heavy (non-hydrogen) atoms. The maximum atomic E-state index is 13.1. The Bertz CT molecular complexity index is 1460. The molecule has 0 aromatic carbocycles. The molecule has 0 bridgehead atoms. The summed E-state index contributed by atoms with van der Waals surface area (Å²) in [7, 11) is 0. The molecule has 6 N–H and O–H groups in total. The van der Waals surface area contributed by atoms with E-state index in [1.807, 2.05) is 6.08 Å². The van der Waals surface area contributed by atoms with E-state index in [0.717, 1.165) is 51.4 Å². The second-order valence-electron chi connectivity index (χ2n) is 24.3. The van der Waals surface area contributed by atoms with Crippen molar-refractivity contribution in [2.75, 3.05) is 13.2 Å². The lowest BCUT2D eigenvalue weighted by molar-refractivity contribution is -0.302. The summed E-state index contributed by atoms with van der Waals surface area (Å²) in [6.07, 6.45) is 77.6. The van der Waals surface area contributed by atoms with E-state index < -0.39 is 49.5 Å². The lowest BCUT2D eigenvalue weighted by atomic mass is 9.99. The molecule has 1 fully saturated rings. The lowest BCUT2D eigenvalue weighted by Crippen LogP contribution is -2.60. The maximum Gasteiger partial charge on any atom is 0.220 e. The predicted octanol–water partition coefficient (Wildman–Crippen LogP) is 19.0. The molecular formula is C72H133NO8. The lowest BCUT2D eigenvalue weighted by Gasteiger charge is -2.40. The third kappa shape index (κ3) is 49.8. The highest BCUT2D eigenvalue weighted by Crippen LogP contribution is 2.23. The fraction of sp³-hybridized carbons (Fsp3) is 0.847. The van der Waals surface area contributed by atoms with Crippen molar-refractivity contribution in [3.63, 3.8) is 0 Å². The Morgan fingerprint density at radius 3 is 1.12 bits per heavy atom. The summed E-state index contributed by atoms with van der Waals surface area (Å²) in [5.74, 6) is -0.186. The van der Waals surface area contributed by atoms with Crippen molar-refractivity contribution in [3.05, 3.63) is 60.8 Å². The molecule has 0 aromatic rings. The molecule has 0 radical (unpaired) electrons. The summed E-state index contributed by atoms with van der Waals surface area (Å²) in [5, 5.41) is 54.7. The number of allylic oxidation sites excluding steroid dienone is 9. The third-order valence-corrected chi connectivity index (χ3v) is 16.6. The third-order valence-electron chi connectivity index (χ3n) is 16.6. The van der Waals surface area contributed by atoms with Crippen molar-refractivity contribution in [3.8, 4) is 0 Å². The van der Waals surface area contributed by atoms with Gasteiger partial charge in [-0.2, -0.15) is 0 Å². The first-order valence-electron chi connectivity index (χ1n) is 35.0. The van der Waals surface area contributed by atoms with Gasteiger partial charge in [-0.3, -0.25) is 4.79 Å². The van der Waals surface area contributed by atoms with Crippen LogP contribution >= 0.6 is 0 Å². The SMILES string of the molecule is CCCCCCC/C=C\C/C=C\C/C=C\CCCCCCCCCCCCCCC(=O)NC(COC1OC(CO)C(O)C(O)C1O)C(O)/C=C/CC/C=C/CCCCCCCCCCCCCCCCCCCCCCCCCCC. The van der Waals surface area contributed by atoms with Crippen molar-refractivity contribution in [2.45, 2.75) is 378 Å². The van der Waals surface area contributed by atoms with E-state index in [-0.39, 0.29) is 12.5 Å². The van der Waals surface area contributed by atoms with Crippen LogP contribution in [0, 0.1) is 0 Å². The monoisotopic (exact) mass is 1140 g/mol. The Morgan fingerprint density at radius 2 is 0.741 bits per heavy atom. The molecule has 0 aromatic heterocycles. The van der Waals surface area contributed by atoms with Gasteiger partial charge in [0, 0.05) is 6.42 Å². The highest BCUT2D eigenvalue weighted by atomic mass is 16.7. The molecule has 1 amide bonds. The fourth-order valence-corrected chi connectivity index (χ4v) is 11.1. The van der Waals surface area contributed by atoms with Crippen LogP contribution in [0.25, 0.3) is 0 Å². The first-order chi connectivity index (χ1) is 39.8. The van der Waals surface area contributed by atoms with E-state index in [1.54, 1.807) is 6.08 Å². The van der Waals surface area contributed by atoms with Crippen LogP contribution in [0.15, 0.2) is 60.8 Å². The van der Waals surface area contributed by atoms with E-state index in [1.165, 1.54) is 263 Å². The van der Waals surface area contributed by atoms with Gasteiger partial charge in [-0.25, -0.2) is 0 Å². The van der Waals surface area contributed by atoms with Crippen LogP contribution in [-0.2, 0) is 14.3 Å². The van der Waals surface area contributed by atoms with Crippen LogP contribution in [0.5, 0.6) is 0 Å². The summed E-state index contributed by atoms with van der Waals surface area (Å²) >= 11 is 0. The van der Waals surface area contributed by atoms with Gasteiger partial charge in [0.25, 0.3) is 0 Å². The van der Waals surface area contributed by atoms with Gasteiger partial charge < -0.3 is 40.3 Å². The average molecular weight is 1140 g/mol. The second-order valence-corrected chi connectivity index (χ2v) is 24.3. The van der Waals surface area contributed by atoms with Crippen LogP contribution in [0.2, 0.25) is 0 Å². The first-order valence-corrected chi connectivity index (χ1v) is 35.0. The average Bonchev–Trinajstić information content (AvgIpc) is 3.48. The number of unbranched alkanes of at least 4 members (excludes halogenated alkanes) is 43. The van der Waals surface area contributed by atoms with Gasteiger partial charge in [-0.15, -0.1) is 0 Å². The zero-order valence-corrected chi connectivity index (χ0v) is 53.0. The standard InChI is InChI=1S/C72H133NO8/c1-3-5-7-9-11-13-15-17-19-21-23-25-27-29-31-32-33-34-36-37-39-41-43-45-47-49-51-53-55-57-59-61-66(75)65(64-80-72-71(79)70(78)69(77)67(63-74)81-72)73-68(76)62-60-58-56-54-52-50-48-46-44-42-40-38-35-30-28-26-24-22-20-18-16-14-12-10-8-6-4-2/h16,18,22,24,28,30,51,53,59,61,65-67,69-72,74-75,77-79H,3-15,17,19-21,23,25-27,29,31-50,52,54-58,60,62-64H2,1-2H3,(H,73,76)/b18-16-,24-22-,30-28-,53-51+,61-59+. The van der Waals surface area contributed by atoms with Crippen LogP contribution in [0.1, 0.15) is 335 Å². The Labute approximate surface area is 500 Å². The number of hydrogen-bond donors (Lipinski definition) is 6. The minimum absolute atomic E-state index is 0.186. The quantitative estimate of drug-likeness (QED) is 0.0261. The molecule has 1 saturated heterocycles. The highest BCUT2D eigenvalue weighted by molar-refractivity contribution is 5.76. The van der Waals surface area contributed by atoms with Crippen molar-refractivity contribution in [1.82, 2.24) is 5.32 Å². The smallest absolute Gasteiger partial charge is 0.220 e. The van der Waals surface area contributed by atoms with Crippen LogP contribution in [0.4, 0.5) is 0 Å². The molecule has 1 heterocycles. The summed E-state index contributed by atoms with van der Waals surface area (Å²) < 4.78 is 11.3. The van der Waals surface area contributed by atoms with Gasteiger partial charge in [0.15, 0.2) is 6.29 Å². The van der Waals surface area contributed by atoms with Gasteiger partial charge in [0.1, 0.15) is 24.4 Å². The van der Waals surface area contributed by atoms with Crippen molar-refractivity contribution in [2.24, 2.45) is 0 Å². The van der Waals surface area contributed by atoms with Crippen molar-refractivity contribution in [1.29, 1.82) is 0 Å². The number of aliphatic hydroxyl groups is 5. The molecule has 9 nitrogen and oxygen atoms in total. The fourth-order valence-electron chi connectivity index (χ4n) is 11.1. The largest absolute Gasteiger partial charge is 0.394 e. The molecule has 0 aliphatic carbocycles. The molecule has 474 valence electrons. The molecule has 7 atom stereocenters. The summed E-state index contributed by atoms with van der Waals surface area (Å²) in [6, 6.07) is -0.827. The van der Waals surface area contributed by atoms with Crippen molar-refractivity contribution >= 4 is 5.91 Å². The number of rotatable bonds is 61. The number of carbonyl (C=O) groups is 1. The minimum Gasteiger partial charge on any atom is -0.394 e. The number of hydrogen-bond acceptors (Lipinski definition) is 8. The van der Waals surface area contributed by atoms with Crippen molar-refractivity contribution < 1.29 is 39.8 Å². The number of nitrogens with one attached hydrogen (secondary N) is 1. The Balaban J connectivity index is 2.16. The van der Waals surface area contributed by atoms with E-state index >= 15 is 0 Å². The summed E-state index contributed by atoms with van der Waals surface area (Å²) in [5.41, 5.74) is 0. The van der Waals surface area contributed by atoms with E-state index in [4.69, 9.17) is 9.47 Å². The first kappa shape index (κ1) is 76.9. The van der Waals surface area contributed by atoms with Gasteiger partial charge in [-0.05, 0) is 70.6 Å². The van der Waals surface area contributed by atoms with Crippen LogP contribution in [-0.4, -0.2) is 87.5 Å². The molecule has 0 saturated carbocycles. The molecule has 1 aliphatic heterocycles. The number of aliphatic hydroxyl groups excluding tert-OH is 5. The normalized spacial score (nSPS) is 18.7. The van der Waals surface area contributed by atoms with E-state index in [0.29, 0.717) is 6.42 Å². The summed E-state index contributed by atoms with van der Waals surface area (Å²) in [6.45, 7) is 3.79. The Morgan fingerprint density at radius 1 is 0.420 bits per heavy atom.